The molecule has 0 fully saturated rings. The van der Waals surface area contributed by atoms with E-state index >= 15 is 0 Å². The minimum atomic E-state index is -0.517. The smallest absolute Gasteiger partial charge is 0.164 e. The van der Waals surface area contributed by atoms with Gasteiger partial charge in [0.2, 0.25) is 0 Å². The third-order valence-electron chi connectivity index (χ3n) is 10.0. The first-order chi connectivity index (χ1) is 25.1. The molecule has 2 heterocycles. The van der Waals surface area contributed by atoms with Crippen molar-refractivity contribution in [3.63, 3.8) is 0 Å². The van der Waals surface area contributed by atoms with Gasteiger partial charge in [-0.1, -0.05) is 152 Å². The van der Waals surface area contributed by atoms with Crippen molar-refractivity contribution >= 4 is 0 Å². The Labute approximate surface area is 298 Å². The van der Waals surface area contributed by atoms with Crippen LogP contribution in [0.1, 0.15) is 33.6 Å². The molecule has 242 valence electrons. The topological polar surface area (TPSA) is 51.6 Å². The van der Waals surface area contributed by atoms with Crippen molar-refractivity contribution in [2.24, 2.45) is 0 Å². The maximum atomic E-state index is 5.20. The van der Waals surface area contributed by atoms with Crippen LogP contribution in [0, 0.1) is 13.8 Å². The molecule has 0 bridgehead atoms. The van der Waals surface area contributed by atoms with Gasteiger partial charge in [-0.25, -0.2) is 15.0 Å². The number of hydrogen-bond acceptors (Lipinski definition) is 4. The van der Waals surface area contributed by atoms with Crippen molar-refractivity contribution in [2.45, 2.75) is 19.3 Å². The molecule has 2 aromatic heterocycles. The highest BCUT2D eigenvalue weighted by molar-refractivity contribution is 5.88. The fraction of sp³-hybridized carbons (Fsp3) is 0.0638. The van der Waals surface area contributed by atoms with E-state index in [9.17, 15) is 0 Å². The average Bonchev–Trinajstić information content (AvgIpc) is 3.49. The number of fused-ring (bicyclic) bond motifs is 3. The molecule has 0 N–H and O–H groups in total. The van der Waals surface area contributed by atoms with Gasteiger partial charge in [-0.15, -0.1) is 0 Å². The monoisotopic (exact) mass is 654 g/mol. The molecule has 51 heavy (non-hydrogen) atoms. The van der Waals surface area contributed by atoms with E-state index in [1.807, 2.05) is 25.1 Å². The molecule has 4 heteroatoms. The predicted octanol–water partition coefficient (Wildman–Crippen LogP) is 10.9. The van der Waals surface area contributed by atoms with Crippen molar-refractivity contribution < 1.29 is 0 Å². The van der Waals surface area contributed by atoms with E-state index in [-0.39, 0.29) is 0 Å². The van der Waals surface area contributed by atoms with Crippen LogP contribution < -0.4 is 0 Å². The lowest BCUT2D eigenvalue weighted by molar-refractivity contribution is 0.768. The highest BCUT2D eigenvalue weighted by atomic mass is 15.0. The minimum Gasteiger partial charge on any atom is -0.258 e. The van der Waals surface area contributed by atoms with Gasteiger partial charge in [0.15, 0.2) is 17.5 Å². The van der Waals surface area contributed by atoms with Crippen LogP contribution in [0.5, 0.6) is 0 Å². The van der Waals surface area contributed by atoms with Gasteiger partial charge in [-0.05, 0) is 71.0 Å². The standard InChI is InChI=1S/C47H34N4/c1-31-25-27-39(32(2)48-31)34-17-14-18-35(29-34)45-49-44(33-15-6-3-7-16-33)50-46(51-45)36-26-28-41-40-23-12-13-24-42(40)47(43(41)30-36,37-19-8-4-9-20-37)38-21-10-5-11-22-38/h3-30H,1-2H3. The fourth-order valence-electron chi connectivity index (χ4n) is 7.75. The SMILES string of the molecule is Cc1ccc(-c2cccc(-c3nc(-c4ccccc4)nc(-c4ccc5c(c4)C(c4ccccc4)(c4ccccc4)c4ccccc4-5)n3)c2)c(C)n1. The van der Waals surface area contributed by atoms with E-state index in [0.29, 0.717) is 17.5 Å². The van der Waals surface area contributed by atoms with Gasteiger partial charge in [-0.2, -0.15) is 0 Å². The second-order valence-corrected chi connectivity index (χ2v) is 13.1. The molecule has 0 unspecified atom stereocenters. The lowest BCUT2D eigenvalue weighted by atomic mass is 9.67. The summed E-state index contributed by atoms with van der Waals surface area (Å²) in [6, 6.07) is 60.0. The van der Waals surface area contributed by atoms with Gasteiger partial charge in [0.25, 0.3) is 0 Å². The summed E-state index contributed by atoms with van der Waals surface area (Å²) in [5.74, 6) is 1.89. The quantitative estimate of drug-likeness (QED) is 0.179. The molecule has 9 rings (SSSR count). The van der Waals surface area contributed by atoms with Crippen LogP contribution >= 0.6 is 0 Å². The van der Waals surface area contributed by atoms with Crippen LogP contribution in [0.15, 0.2) is 170 Å². The van der Waals surface area contributed by atoms with Crippen molar-refractivity contribution in [3.8, 4) is 56.4 Å². The zero-order chi connectivity index (χ0) is 34.4. The number of hydrogen-bond donors (Lipinski definition) is 0. The van der Waals surface area contributed by atoms with Crippen molar-refractivity contribution in [1.82, 2.24) is 19.9 Å². The average molecular weight is 655 g/mol. The maximum Gasteiger partial charge on any atom is 0.164 e. The van der Waals surface area contributed by atoms with E-state index in [0.717, 1.165) is 39.2 Å². The van der Waals surface area contributed by atoms with Crippen LogP contribution in [0.25, 0.3) is 56.4 Å². The highest BCUT2D eigenvalue weighted by Gasteiger charge is 2.46. The van der Waals surface area contributed by atoms with Gasteiger partial charge in [-0.3, -0.25) is 4.98 Å². The third-order valence-corrected chi connectivity index (χ3v) is 10.0. The molecule has 0 atom stereocenters. The van der Waals surface area contributed by atoms with Crippen LogP contribution in [-0.2, 0) is 5.41 Å². The summed E-state index contributed by atoms with van der Waals surface area (Å²) in [6.07, 6.45) is 0. The number of benzene rings is 6. The lowest BCUT2D eigenvalue weighted by Gasteiger charge is -2.34. The molecule has 1 aliphatic rings. The van der Waals surface area contributed by atoms with E-state index in [4.69, 9.17) is 19.9 Å². The molecule has 6 aromatic carbocycles. The van der Waals surface area contributed by atoms with E-state index < -0.39 is 5.41 Å². The molecule has 0 aliphatic heterocycles. The fourth-order valence-corrected chi connectivity index (χ4v) is 7.75. The zero-order valence-corrected chi connectivity index (χ0v) is 28.5. The number of aryl methyl sites for hydroxylation is 2. The van der Waals surface area contributed by atoms with E-state index in [2.05, 4.69) is 159 Å². The number of pyridine rings is 1. The molecule has 0 radical (unpaired) electrons. The summed E-state index contributed by atoms with van der Waals surface area (Å²) in [6.45, 7) is 4.08. The second-order valence-electron chi connectivity index (χ2n) is 13.1. The normalized spacial score (nSPS) is 12.7. The summed E-state index contributed by atoms with van der Waals surface area (Å²) in [5.41, 5.74) is 13.8. The molecular formula is C47H34N4. The summed E-state index contributed by atoms with van der Waals surface area (Å²) in [7, 11) is 0. The predicted molar refractivity (Wildman–Crippen MR) is 206 cm³/mol. The van der Waals surface area contributed by atoms with Gasteiger partial charge in [0.05, 0.1) is 5.41 Å². The Bertz CT molecular complexity index is 2500. The Morgan fingerprint density at radius 1 is 0.353 bits per heavy atom. The van der Waals surface area contributed by atoms with Crippen molar-refractivity contribution in [2.75, 3.05) is 0 Å². The van der Waals surface area contributed by atoms with Crippen molar-refractivity contribution in [1.29, 1.82) is 0 Å². The Morgan fingerprint density at radius 2 is 0.863 bits per heavy atom. The van der Waals surface area contributed by atoms with Crippen LogP contribution in [-0.4, -0.2) is 19.9 Å². The summed E-state index contributed by atoms with van der Waals surface area (Å²) in [4.78, 5) is 20.1. The second kappa shape index (κ2) is 12.4. The Morgan fingerprint density at radius 3 is 1.53 bits per heavy atom. The summed E-state index contributed by atoms with van der Waals surface area (Å²) >= 11 is 0. The van der Waals surface area contributed by atoms with Gasteiger partial charge in [0.1, 0.15) is 0 Å². The van der Waals surface area contributed by atoms with E-state index in [1.54, 1.807) is 0 Å². The Kier molecular flexibility index (Phi) is 7.44. The molecule has 0 saturated carbocycles. The largest absolute Gasteiger partial charge is 0.258 e. The molecule has 8 aromatic rings. The van der Waals surface area contributed by atoms with Crippen LogP contribution in [0.2, 0.25) is 0 Å². The highest BCUT2D eigenvalue weighted by Crippen LogP contribution is 2.56. The number of nitrogens with zero attached hydrogens (tertiary/aromatic N) is 4. The molecule has 1 aliphatic carbocycles. The van der Waals surface area contributed by atoms with Crippen molar-refractivity contribution in [3.05, 3.63) is 203 Å². The van der Waals surface area contributed by atoms with Crippen LogP contribution in [0.4, 0.5) is 0 Å². The first kappa shape index (κ1) is 30.5. The molecular weight excluding hydrogens is 621 g/mol. The summed E-state index contributed by atoms with van der Waals surface area (Å²) < 4.78 is 0. The summed E-state index contributed by atoms with van der Waals surface area (Å²) in [5, 5.41) is 0. The van der Waals surface area contributed by atoms with Crippen LogP contribution in [0.3, 0.4) is 0 Å². The molecule has 0 spiro atoms. The van der Waals surface area contributed by atoms with E-state index in [1.165, 1.54) is 33.4 Å². The maximum absolute atomic E-state index is 5.20. The molecule has 4 nitrogen and oxygen atoms in total. The zero-order valence-electron chi connectivity index (χ0n) is 28.5. The van der Waals surface area contributed by atoms with Gasteiger partial charge >= 0.3 is 0 Å². The first-order valence-corrected chi connectivity index (χ1v) is 17.3. The first-order valence-electron chi connectivity index (χ1n) is 17.3. The number of aromatic nitrogens is 4. The Balaban J connectivity index is 1.27. The minimum absolute atomic E-state index is 0.517. The molecule has 0 saturated heterocycles. The molecule has 0 amide bonds. The lowest BCUT2D eigenvalue weighted by Crippen LogP contribution is -2.28. The Hall–Kier alpha value is -6.52. The van der Waals surface area contributed by atoms with Gasteiger partial charge in [0, 0.05) is 33.6 Å². The number of rotatable bonds is 6. The third kappa shape index (κ3) is 5.15. The van der Waals surface area contributed by atoms with Gasteiger partial charge < -0.3 is 0 Å².